The van der Waals surface area contributed by atoms with Gasteiger partial charge in [0.15, 0.2) is 0 Å². The van der Waals surface area contributed by atoms with Gasteiger partial charge in [0.1, 0.15) is 6.04 Å². The van der Waals surface area contributed by atoms with Gasteiger partial charge >= 0.3 is 12.2 Å². The molecule has 24 heavy (non-hydrogen) atoms. The van der Waals surface area contributed by atoms with Gasteiger partial charge in [0.05, 0.1) is 5.56 Å². The zero-order chi connectivity index (χ0) is 17.5. The molecule has 0 unspecified atom stereocenters. The number of imide groups is 1. The normalized spacial score (nSPS) is 22.2. The van der Waals surface area contributed by atoms with Crippen molar-refractivity contribution in [2.75, 3.05) is 13.1 Å². The first-order valence-electron chi connectivity index (χ1n) is 8.08. The maximum Gasteiger partial charge on any atom is 0.416 e. The van der Waals surface area contributed by atoms with Crippen LogP contribution in [0.4, 0.5) is 18.0 Å². The quantitative estimate of drug-likeness (QED) is 0.786. The van der Waals surface area contributed by atoms with Crippen LogP contribution in [0.5, 0.6) is 0 Å². The second kappa shape index (κ2) is 6.11. The van der Waals surface area contributed by atoms with Crippen LogP contribution in [0.3, 0.4) is 0 Å². The van der Waals surface area contributed by atoms with Gasteiger partial charge in [-0.15, -0.1) is 0 Å². The van der Waals surface area contributed by atoms with E-state index in [0.29, 0.717) is 24.9 Å². The van der Waals surface area contributed by atoms with Gasteiger partial charge in [0.2, 0.25) is 0 Å². The van der Waals surface area contributed by atoms with Crippen LogP contribution in [0.15, 0.2) is 24.3 Å². The summed E-state index contributed by atoms with van der Waals surface area (Å²) in [6, 6.07) is 4.61. The maximum absolute atomic E-state index is 12.8. The number of carbonyl (C=O) groups excluding carboxylic acids is 2. The van der Waals surface area contributed by atoms with Crippen LogP contribution in [0.25, 0.3) is 0 Å². The van der Waals surface area contributed by atoms with Crippen LogP contribution in [-0.4, -0.2) is 40.9 Å². The molecule has 2 saturated heterocycles. The number of benzene rings is 1. The summed E-state index contributed by atoms with van der Waals surface area (Å²) in [6.07, 6.45) is -2.39. The molecule has 2 aliphatic rings. The summed E-state index contributed by atoms with van der Waals surface area (Å²) in [5.74, 6) is -0.350. The second-order valence-electron chi connectivity index (χ2n) is 6.44. The molecule has 2 aliphatic heterocycles. The second-order valence-corrected chi connectivity index (χ2v) is 6.44. The molecule has 3 rings (SSSR count). The summed E-state index contributed by atoms with van der Waals surface area (Å²) in [5.41, 5.74) is -0.120. The predicted molar refractivity (Wildman–Crippen MR) is 81.3 cm³/mol. The fraction of sp³-hybridized carbons (Fsp3) is 0.529. The van der Waals surface area contributed by atoms with Gasteiger partial charge in [-0.25, -0.2) is 4.79 Å². The fourth-order valence-electron chi connectivity index (χ4n) is 3.40. The Morgan fingerprint density at radius 2 is 2.04 bits per heavy atom. The van der Waals surface area contributed by atoms with Gasteiger partial charge in [-0.3, -0.25) is 9.69 Å². The molecule has 1 aromatic carbocycles. The molecule has 0 aromatic heterocycles. The Morgan fingerprint density at radius 3 is 2.71 bits per heavy atom. The summed E-state index contributed by atoms with van der Waals surface area (Å²) in [5, 5.41) is 0. The predicted octanol–water partition coefficient (Wildman–Crippen LogP) is 3.63. The molecular weight excluding hydrogens is 321 g/mol. The Labute approximate surface area is 138 Å². The number of halogens is 3. The Balaban J connectivity index is 1.65. The molecule has 2 atom stereocenters. The Hall–Kier alpha value is -2.05. The Kier molecular flexibility index (Phi) is 4.27. The van der Waals surface area contributed by atoms with E-state index in [9.17, 15) is 22.8 Å². The van der Waals surface area contributed by atoms with Crippen molar-refractivity contribution in [2.45, 2.75) is 44.3 Å². The molecule has 0 saturated carbocycles. The minimum atomic E-state index is -4.37. The molecule has 3 amide bonds. The largest absolute Gasteiger partial charge is 0.416 e. The molecule has 4 nitrogen and oxygen atoms in total. The lowest BCUT2D eigenvalue weighted by Gasteiger charge is -2.19. The van der Waals surface area contributed by atoms with Crippen LogP contribution in [0.2, 0.25) is 0 Å². The Bertz CT molecular complexity index is 637. The molecule has 0 bridgehead atoms. The van der Waals surface area contributed by atoms with E-state index >= 15 is 0 Å². The van der Waals surface area contributed by atoms with E-state index < -0.39 is 11.7 Å². The lowest BCUT2D eigenvalue weighted by molar-refractivity contribution is -0.137. The van der Waals surface area contributed by atoms with Gasteiger partial charge in [-0.2, -0.15) is 13.2 Å². The number of alkyl halides is 3. The maximum atomic E-state index is 12.8. The summed E-state index contributed by atoms with van der Waals surface area (Å²) in [7, 11) is 0. The highest BCUT2D eigenvalue weighted by atomic mass is 19.4. The smallest absolute Gasteiger partial charge is 0.312 e. The summed E-state index contributed by atoms with van der Waals surface area (Å²) in [4.78, 5) is 27.3. The molecule has 130 valence electrons. The van der Waals surface area contributed by atoms with Crippen LogP contribution >= 0.6 is 0 Å². The topological polar surface area (TPSA) is 40.6 Å². The highest BCUT2D eigenvalue weighted by molar-refractivity contribution is 6.04. The average Bonchev–Trinajstić information content (AvgIpc) is 3.10. The van der Waals surface area contributed by atoms with Crippen molar-refractivity contribution in [1.82, 2.24) is 9.80 Å². The van der Waals surface area contributed by atoms with Crippen molar-refractivity contribution in [3.63, 3.8) is 0 Å². The fourth-order valence-corrected chi connectivity index (χ4v) is 3.40. The number of urea groups is 1. The Morgan fingerprint density at radius 1 is 1.29 bits per heavy atom. The van der Waals surface area contributed by atoms with Gasteiger partial charge < -0.3 is 4.90 Å². The summed E-state index contributed by atoms with van der Waals surface area (Å²) < 4.78 is 38.4. The standard InChI is InChI=1S/C17H19F3N2O2/c1-11(12-4-2-5-13(10-12)17(18,19)20)7-9-22-15(23)14-6-3-8-21(14)16(22)24/h2,4-5,10-11,14H,3,6-9H2,1H3/t11-,14+/m1/s1. The first-order chi connectivity index (χ1) is 11.3. The van der Waals surface area contributed by atoms with E-state index in [0.717, 1.165) is 18.6 Å². The van der Waals surface area contributed by atoms with Gasteiger partial charge in [0.25, 0.3) is 5.91 Å². The van der Waals surface area contributed by atoms with E-state index in [-0.39, 0.29) is 30.4 Å². The number of amides is 3. The van der Waals surface area contributed by atoms with Gasteiger partial charge in [-0.05, 0) is 36.8 Å². The molecule has 2 fully saturated rings. The minimum absolute atomic E-state index is 0.172. The highest BCUT2D eigenvalue weighted by Crippen LogP contribution is 2.32. The summed E-state index contributed by atoms with van der Waals surface area (Å²) >= 11 is 0. The number of nitrogens with zero attached hydrogens (tertiary/aromatic N) is 2. The number of carbonyl (C=O) groups is 2. The first-order valence-corrected chi connectivity index (χ1v) is 8.08. The monoisotopic (exact) mass is 340 g/mol. The van der Waals surface area contributed by atoms with Crippen molar-refractivity contribution < 1.29 is 22.8 Å². The highest BCUT2D eigenvalue weighted by Gasteiger charge is 2.46. The molecule has 2 heterocycles. The van der Waals surface area contributed by atoms with Crippen molar-refractivity contribution in [1.29, 1.82) is 0 Å². The molecule has 0 aliphatic carbocycles. The number of rotatable bonds is 4. The zero-order valence-corrected chi connectivity index (χ0v) is 13.3. The lowest BCUT2D eigenvalue weighted by Crippen LogP contribution is -2.34. The summed E-state index contributed by atoms with van der Waals surface area (Å²) in [6.45, 7) is 2.65. The molecule has 0 spiro atoms. The first kappa shape index (κ1) is 16.8. The average molecular weight is 340 g/mol. The van der Waals surface area contributed by atoms with Crippen LogP contribution in [0.1, 0.15) is 43.2 Å². The molecule has 7 heteroatoms. The molecular formula is C17H19F3N2O2. The third kappa shape index (κ3) is 2.99. The van der Waals surface area contributed by atoms with Crippen LogP contribution in [-0.2, 0) is 11.0 Å². The van der Waals surface area contributed by atoms with Gasteiger partial charge in [0, 0.05) is 13.1 Å². The molecule has 0 N–H and O–H groups in total. The third-order valence-corrected chi connectivity index (χ3v) is 4.85. The minimum Gasteiger partial charge on any atom is -0.312 e. The molecule has 1 aromatic rings. The van der Waals surface area contributed by atoms with Gasteiger partial charge in [-0.1, -0.05) is 25.1 Å². The SMILES string of the molecule is C[C@H](CCN1C(=O)[C@@H]2CCCN2C1=O)c1cccc(C(F)(F)F)c1. The third-order valence-electron chi connectivity index (χ3n) is 4.85. The van der Waals surface area contributed by atoms with Crippen molar-refractivity contribution in [3.05, 3.63) is 35.4 Å². The number of fused-ring (bicyclic) bond motifs is 1. The number of hydrogen-bond acceptors (Lipinski definition) is 2. The number of hydrogen-bond donors (Lipinski definition) is 0. The van der Waals surface area contributed by atoms with E-state index in [1.165, 1.54) is 11.0 Å². The van der Waals surface area contributed by atoms with E-state index in [4.69, 9.17) is 0 Å². The van der Waals surface area contributed by atoms with E-state index in [1.54, 1.807) is 11.0 Å². The lowest BCUT2D eigenvalue weighted by atomic mass is 9.95. The zero-order valence-electron chi connectivity index (χ0n) is 13.3. The molecule has 0 radical (unpaired) electrons. The van der Waals surface area contributed by atoms with E-state index in [1.807, 2.05) is 6.92 Å². The van der Waals surface area contributed by atoms with Crippen LogP contribution in [0, 0.1) is 0 Å². The van der Waals surface area contributed by atoms with Crippen molar-refractivity contribution in [2.24, 2.45) is 0 Å². The van der Waals surface area contributed by atoms with Crippen LogP contribution < -0.4 is 0 Å². The van der Waals surface area contributed by atoms with Crippen molar-refractivity contribution in [3.8, 4) is 0 Å². The van der Waals surface area contributed by atoms with Crippen molar-refractivity contribution >= 4 is 11.9 Å². The van der Waals surface area contributed by atoms with E-state index in [2.05, 4.69) is 0 Å².